The molecule has 1 N–H and O–H groups in total. The van der Waals surface area contributed by atoms with Crippen molar-refractivity contribution in [3.8, 4) is 0 Å². The van der Waals surface area contributed by atoms with E-state index in [4.69, 9.17) is 0 Å². The lowest BCUT2D eigenvalue weighted by Gasteiger charge is -2.34. The van der Waals surface area contributed by atoms with E-state index in [2.05, 4.69) is 37.3 Å². The first kappa shape index (κ1) is 15.5. The van der Waals surface area contributed by atoms with Gasteiger partial charge in [-0.05, 0) is 31.9 Å². The number of piperidine rings is 1. The molecule has 0 bridgehead atoms. The number of hydrogen-bond donors (Lipinski definition) is 1. The number of hydrogen-bond acceptors (Lipinski definition) is 6. The van der Waals surface area contributed by atoms with Gasteiger partial charge in [-0.2, -0.15) is 0 Å². The minimum absolute atomic E-state index is 0.457. The molecule has 1 fully saturated rings. The Morgan fingerprint density at radius 1 is 1.13 bits per heavy atom. The average molecular weight is 312 g/mol. The Bertz CT molecular complexity index is 649. The van der Waals surface area contributed by atoms with Gasteiger partial charge in [0.05, 0.1) is 0 Å². The smallest absolute Gasteiger partial charge is 0.133 e. The van der Waals surface area contributed by atoms with E-state index in [1.807, 2.05) is 38.2 Å². The Kier molecular flexibility index (Phi) is 4.60. The predicted octanol–water partition coefficient (Wildman–Crippen LogP) is 2.33. The molecule has 0 amide bonds. The lowest BCUT2D eigenvalue weighted by Crippen LogP contribution is -2.39. The molecule has 3 rings (SSSR count). The van der Waals surface area contributed by atoms with Crippen molar-refractivity contribution in [3.63, 3.8) is 0 Å². The third kappa shape index (κ3) is 3.88. The van der Waals surface area contributed by atoms with Gasteiger partial charge in [0.2, 0.25) is 0 Å². The second-order valence-electron chi connectivity index (χ2n) is 6.22. The van der Waals surface area contributed by atoms with Crippen LogP contribution >= 0.6 is 0 Å². The van der Waals surface area contributed by atoms with Crippen LogP contribution in [0.25, 0.3) is 0 Å². The molecule has 1 saturated heterocycles. The molecule has 0 aliphatic carbocycles. The monoisotopic (exact) mass is 312 g/mol. The SMILES string of the molecule is Cc1cc(N2CCC(Nc3cc(N(C)C)ncn3)CC2)ccn1. The van der Waals surface area contributed by atoms with Crippen molar-refractivity contribution in [3.05, 3.63) is 36.4 Å². The van der Waals surface area contributed by atoms with Crippen LogP contribution in [-0.4, -0.2) is 48.2 Å². The zero-order chi connectivity index (χ0) is 16.2. The number of nitrogens with zero attached hydrogens (tertiary/aromatic N) is 5. The molecule has 0 atom stereocenters. The molecule has 1 aliphatic rings. The molecule has 2 aromatic rings. The summed E-state index contributed by atoms with van der Waals surface area (Å²) in [6.45, 7) is 4.13. The lowest BCUT2D eigenvalue weighted by molar-refractivity contribution is 0.525. The molecule has 0 aromatic carbocycles. The molecule has 23 heavy (non-hydrogen) atoms. The molecule has 6 heteroatoms. The van der Waals surface area contributed by atoms with Crippen LogP contribution in [0.1, 0.15) is 18.5 Å². The fourth-order valence-electron chi connectivity index (χ4n) is 2.89. The van der Waals surface area contributed by atoms with E-state index in [1.165, 1.54) is 5.69 Å². The van der Waals surface area contributed by atoms with E-state index in [1.54, 1.807) is 6.33 Å². The number of nitrogens with one attached hydrogen (secondary N) is 1. The summed E-state index contributed by atoms with van der Waals surface area (Å²) < 4.78 is 0. The second kappa shape index (κ2) is 6.81. The standard InChI is InChI=1S/C17H24N6/c1-13-10-15(4-7-18-13)23-8-5-14(6-9-23)21-16-11-17(22(2)3)20-12-19-16/h4,7,10-12,14H,5-6,8-9H2,1-3H3,(H,19,20,21). The Labute approximate surface area is 137 Å². The van der Waals surface area contributed by atoms with E-state index in [0.717, 1.165) is 43.3 Å². The minimum atomic E-state index is 0.457. The van der Waals surface area contributed by atoms with E-state index in [-0.39, 0.29) is 0 Å². The summed E-state index contributed by atoms with van der Waals surface area (Å²) >= 11 is 0. The van der Waals surface area contributed by atoms with Gasteiger partial charge in [-0.3, -0.25) is 4.98 Å². The maximum Gasteiger partial charge on any atom is 0.133 e. The van der Waals surface area contributed by atoms with Crippen LogP contribution in [0.4, 0.5) is 17.3 Å². The fourth-order valence-corrected chi connectivity index (χ4v) is 2.89. The van der Waals surface area contributed by atoms with Gasteiger partial charge in [-0.1, -0.05) is 0 Å². The van der Waals surface area contributed by atoms with Crippen molar-refractivity contribution >= 4 is 17.3 Å². The summed E-state index contributed by atoms with van der Waals surface area (Å²) in [5.74, 6) is 1.83. The van der Waals surface area contributed by atoms with Gasteiger partial charge in [-0.25, -0.2) is 9.97 Å². The van der Waals surface area contributed by atoms with Crippen LogP contribution in [0, 0.1) is 6.92 Å². The molecule has 122 valence electrons. The van der Waals surface area contributed by atoms with E-state index >= 15 is 0 Å². The topological polar surface area (TPSA) is 57.2 Å². The fraction of sp³-hybridized carbons (Fsp3) is 0.471. The van der Waals surface area contributed by atoms with Gasteiger partial charge in [0.25, 0.3) is 0 Å². The Hall–Kier alpha value is -2.37. The highest BCUT2D eigenvalue weighted by atomic mass is 15.2. The van der Waals surface area contributed by atoms with Gasteiger partial charge >= 0.3 is 0 Å². The van der Waals surface area contributed by atoms with E-state index in [9.17, 15) is 0 Å². The predicted molar refractivity (Wildman–Crippen MR) is 94.2 cm³/mol. The Balaban J connectivity index is 1.58. The van der Waals surface area contributed by atoms with E-state index in [0.29, 0.717) is 6.04 Å². The van der Waals surface area contributed by atoms with E-state index < -0.39 is 0 Å². The van der Waals surface area contributed by atoms with Crippen molar-refractivity contribution in [2.75, 3.05) is 42.3 Å². The summed E-state index contributed by atoms with van der Waals surface area (Å²) in [5.41, 5.74) is 2.34. The third-order valence-corrected chi connectivity index (χ3v) is 4.20. The number of aryl methyl sites for hydroxylation is 1. The number of pyridine rings is 1. The molecule has 0 saturated carbocycles. The van der Waals surface area contributed by atoms with Crippen LogP contribution in [0.5, 0.6) is 0 Å². The average Bonchev–Trinajstić information content (AvgIpc) is 2.56. The molecular formula is C17H24N6. The first-order chi connectivity index (χ1) is 11.1. The summed E-state index contributed by atoms with van der Waals surface area (Å²) in [7, 11) is 3.97. The number of rotatable bonds is 4. The summed E-state index contributed by atoms with van der Waals surface area (Å²) in [5, 5.41) is 3.54. The molecule has 1 aliphatic heterocycles. The number of anilines is 3. The maximum absolute atomic E-state index is 4.33. The maximum atomic E-state index is 4.33. The first-order valence-electron chi connectivity index (χ1n) is 8.05. The van der Waals surface area contributed by atoms with Gasteiger partial charge < -0.3 is 15.1 Å². The van der Waals surface area contributed by atoms with Crippen molar-refractivity contribution in [2.24, 2.45) is 0 Å². The molecule has 0 radical (unpaired) electrons. The van der Waals surface area contributed by atoms with Crippen LogP contribution in [0.3, 0.4) is 0 Å². The molecule has 6 nitrogen and oxygen atoms in total. The minimum Gasteiger partial charge on any atom is -0.371 e. The van der Waals surface area contributed by atoms with Crippen molar-refractivity contribution < 1.29 is 0 Å². The van der Waals surface area contributed by atoms with Crippen molar-refractivity contribution in [2.45, 2.75) is 25.8 Å². The highest BCUT2D eigenvalue weighted by molar-refractivity contribution is 5.49. The van der Waals surface area contributed by atoms with Crippen molar-refractivity contribution in [1.82, 2.24) is 15.0 Å². The molecule has 2 aromatic heterocycles. The largest absolute Gasteiger partial charge is 0.371 e. The van der Waals surface area contributed by atoms with Crippen molar-refractivity contribution in [1.29, 1.82) is 0 Å². The molecule has 0 unspecified atom stereocenters. The van der Waals surface area contributed by atoms with Crippen LogP contribution in [-0.2, 0) is 0 Å². The summed E-state index contributed by atoms with van der Waals surface area (Å²) in [6.07, 6.45) is 5.70. The normalized spacial score (nSPS) is 15.5. The molecule has 0 spiro atoms. The van der Waals surface area contributed by atoms with Gasteiger partial charge in [0, 0.05) is 56.9 Å². The highest BCUT2D eigenvalue weighted by Gasteiger charge is 2.20. The lowest BCUT2D eigenvalue weighted by atomic mass is 10.0. The Morgan fingerprint density at radius 3 is 2.61 bits per heavy atom. The highest BCUT2D eigenvalue weighted by Crippen LogP contribution is 2.22. The second-order valence-corrected chi connectivity index (χ2v) is 6.22. The van der Waals surface area contributed by atoms with Gasteiger partial charge in [0.1, 0.15) is 18.0 Å². The quantitative estimate of drug-likeness (QED) is 0.935. The third-order valence-electron chi connectivity index (χ3n) is 4.20. The zero-order valence-electron chi connectivity index (χ0n) is 14.0. The summed E-state index contributed by atoms with van der Waals surface area (Å²) in [6, 6.07) is 6.70. The molecular weight excluding hydrogens is 288 g/mol. The van der Waals surface area contributed by atoms with Gasteiger partial charge in [0.15, 0.2) is 0 Å². The zero-order valence-corrected chi connectivity index (χ0v) is 14.0. The number of aromatic nitrogens is 3. The van der Waals surface area contributed by atoms with Crippen LogP contribution < -0.4 is 15.1 Å². The first-order valence-corrected chi connectivity index (χ1v) is 8.05. The van der Waals surface area contributed by atoms with Crippen LogP contribution in [0.15, 0.2) is 30.7 Å². The molecule has 3 heterocycles. The Morgan fingerprint density at radius 2 is 1.91 bits per heavy atom. The van der Waals surface area contributed by atoms with Gasteiger partial charge in [-0.15, -0.1) is 0 Å². The summed E-state index contributed by atoms with van der Waals surface area (Å²) in [4.78, 5) is 17.3. The van der Waals surface area contributed by atoms with Crippen LogP contribution in [0.2, 0.25) is 0 Å².